The van der Waals surface area contributed by atoms with Gasteiger partial charge in [-0.25, -0.2) is 4.79 Å². The fourth-order valence-corrected chi connectivity index (χ4v) is 3.98. The molecule has 1 N–H and O–H groups in total. The number of ether oxygens (including phenoxy) is 2. The summed E-state index contributed by atoms with van der Waals surface area (Å²) >= 11 is 1.48. The Labute approximate surface area is 151 Å². The summed E-state index contributed by atoms with van der Waals surface area (Å²) in [7, 11) is 0. The Morgan fingerprint density at radius 2 is 2.00 bits per heavy atom. The first kappa shape index (κ1) is 17.5. The van der Waals surface area contributed by atoms with Gasteiger partial charge in [-0.15, -0.1) is 11.3 Å². The third kappa shape index (κ3) is 4.39. The van der Waals surface area contributed by atoms with Crippen molar-refractivity contribution in [1.29, 1.82) is 0 Å². The van der Waals surface area contributed by atoms with E-state index in [0.717, 1.165) is 12.8 Å². The average Bonchev–Trinajstić information content (AvgIpc) is 3.06. The van der Waals surface area contributed by atoms with Crippen LogP contribution in [0.3, 0.4) is 0 Å². The SMILES string of the molecule is CCOc1ccccc1NC(=O)COC(=O)c1cc2c(s1)CCCC2. The minimum Gasteiger partial charge on any atom is -0.492 e. The molecule has 1 aliphatic carbocycles. The van der Waals surface area contributed by atoms with Gasteiger partial charge >= 0.3 is 5.97 Å². The highest BCUT2D eigenvalue weighted by Crippen LogP contribution is 2.30. The summed E-state index contributed by atoms with van der Waals surface area (Å²) < 4.78 is 10.6. The van der Waals surface area contributed by atoms with Crippen LogP contribution in [0.4, 0.5) is 5.69 Å². The summed E-state index contributed by atoms with van der Waals surface area (Å²) in [5, 5.41) is 2.71. The molecular weight excluding hydrogens is 338 g/mol. The van der Waals surface area contributed by atoms with E-state index in [1.54, 1.807) is 18.2 Å². The van der Waals surface area contributed by atoms with Crippen molar-refractivity contribution in [2.45, 2.75) is 32.6 Å². The van der Waals surface area contributed by atoms with E-state index in [0.29, 0.717) is 22.9 Å². The maximum atomic E-state index is 12.2. The summed E-state index contributed by atoms with van der Waals surface area (Å²) in [5.41, 5.74) is 1.82. The fourth-order valence-electron chi connectivity index (χ4n) is 2.83. The number of rotatable bonds is 6. The monoisotopic (exact) mass is 359 g/mol. The molecule has 1 heterocycles. The second-order valence-corrected chi connectivity index (χ2v) is 6.96. The first-order chi connectivity index (χ1) is 12.2. The lowest BCUT2D eigenvalue weighted by molar-refractivity contribution is -0.119. The highest BCUT2D eigenvalue weighted by atomic mass is 32.1. The van der Waals surface area contributed by atoms with Gasteiger partial charge in [-0.1, -0.05) is 12.1 Å². The van der Waals surface area contributed by atoms with Crippen molar-refractivity contribution in [2.24, 2.45) is 0 Å². The molecule has 0 spiro atoms. The lowest BCUT2D eigenvalue weighted by Gasteiger charge is -2.11. The van der Waals surface area contributed by atoms with Crippen molar-refractivity contribution in [2.75, 3.05) is 18.5 Å². The normalized spacial score (nSPS) is 13.0. The number of esters is 1. The highest BCUT2D eigenvalue weighted by Gasteiger charge is 2.19. The standard InChI is InChI=1S/C19H21NO4S/c1-2-23-15-9-5-4-8-14(15)20-18(21)12-24-19(22)17-11-13-7-3-6-10-16(13)25-17/h4-5,8-9,11H,2-3,6-7,10,12H2,1H3,(H,20,21). The van der Waals surface area contributed by atoms with Gasteiger partial charge in [0.1, 0.15) is 10.6 Å². The molecule has 25 heavy (non-hydrogen) atoms. The number of anilines is 1. The molecule has 3 rings (SSSR count). The molecule has 2 aromatic rings. The molecule has 0 atom stereocenters. The van der Waals surface area contributed by atoms with E-state index in [1.807, 2.05) is 19.1 Å². The molecule has 6 heteroatoms. The van der Waals surface area contributed by atoms with Crippen molar-refractivity contribution in [3.05, 3.63) is 45.6 Å². The molecule has 1 aromatic heterocycles. The largest absolute Gasteiger partial charge is 0.492 e. The number of thiophene rings is 1. The molecule has 1 aromatic carbocycles. The quantitative estimate of drug-likeness (QED) is 0.797. The number of benzene rings is 1. The molecule has 0 saturated heterocycles. The zero-order chi connectivity index (χ0) is 17.6. The Balaban J connectivity index is 1.55. The molecule has 0 aliphatic heterocycles. The molecule has 0 radical (unpaired) electrons. The minimum absolute atomic E-state index is 0.318. The van der Waals surface area contributed by atoms with Crippen LogP contribution in [0, 0.1) is 0 Å². The molecule has 0 unspecified atom stereocenters. The van der Waals surface area contributed by atoms with Crippen molar-refractivity contribution in [3.8, 4) is 5.75 Å². The fraction of sp³-hybridized carbons (Fsp3) is 0.368. The molecular formula is C19H21NO4S. The summed E-state index contributed by atoms with van der Waals surface area (Å²) in [5.74, 6) is -0.231. The van der Waals surface area contributed by atoms with Crippen LogP contribution in [0.2, 0.25) is 0 Å². The number of hydrogen-bond acceptors (Lipinski definition) is 5. The van der Waals surface area contributed by atoms with Gasteiger partial charge in [0.05, 0.1) is 12.3 Å². The van der Waals surface area contributed by atoms with Gasteiger partial charge in [0.25, 0.3) is 5.91 Å². The van der Waals surface area contributed by atoms with Crippen LogP contribution < -0.4 is 10.1 Å². The van der Waals surface area contributed by atoms with Gasteiger partial charge in [-0.3, -0.25) is 4.79 Å². The highest BCUT2D eigenvalue weighted by molar-refractivity contribution is 7.14. The Hall–Kier alpha value is -2.34. The van der Waals surface area contributed by atoms with E-state index in [2.05, 4.69) is 5.32 Å². The van der Waals surface area contributed by atoms with Crippen molar-refractivity contribution < 1.29 is 19.1 Å². The molecule has 132 valence electrons. The van der Waals surface area contributed by atoms with Crippen LogP contribution in [-0.2, 0) is 22.4 Å². The molecule has 0 fully saturated rings. The Morgan fingerprint density at radius 1 is 1.20 bits per heavy atom. The lowest BCUT2D eigenvalue weighted by Crippen LogP contribution is -2.21. The predicted molar refractivity (Wildman–Crippen MR) is 97.5 cm³/mol. The van der Waals surface area contributed by atoms with Crippen LogP contribution in [0.15, 0.2) is 30.3 Å². The predicted octanol–water partition coefficient (Wildman–Crippen LogP) is 3.82. The second-order valence-electron chi connectivity index (χ2n) is 5.82. The number of amides is 1. The molecule has 5 nitrogen and oxygen atoms in total. The minimum atomic E-state index is -0.437. The Morgan fingerprint density at radius 3 is 2.80 bits per heavy atom. The summed E-state index contributed by atoms with van der Waals surface area (Å²) in [6.07, 6.45) is 4.39. The van der Waals surface area contributed by atoms with Crippen molar-refractivity contribution in [3.63, 3.8) is 0 Å². The maximum Gasteiger partial charge on any atom is 0.348 e. The number of fused-ring (bicyclic) bond motifs is 1. The van der Waals surface area contributed by atoms with E-state index in [1.165, 1.54) is 34.6 Å². The van der Waals surface area contributed by atoms with E-state index in [4.69, 9.17) is 9.47 Å². The van der Waals surface area contributed by atoms with E-state index >= 15 is 0 Å². The third-order valence-electron chi connectivity index (χ3n) is 3.99. The number of nitrogens with one attached hydrogen (secondary N) is 1. The zero-order valence-electron chi connectivity index (χ0n) is 14.2. The summed E-state index contributed by atoms with van der Waals surface area (Å²) in [6, 6.07) is 9.07. The number of aryl methyl sites for hydroxylation is 2. The third-order valence-corrected chi connectivity index (χ3v) is 5.21. The van der Waals surface area contributed by atoms with Gasteiger partial charge in [-0.2, -0.15) is 0 Å². The molecule has 1 aliphatic rings. The zero-order valence-corrected chi connectivity index (χ0v) is 15.0. The summed E-state index contributed by atoms with van der Waals surface area (Å²) in [6.45, 7) is 2.06. The number of carbonyl (C=O) groups excluding carboxylic acids is 2. The van der Waals surface area contributed by atoms with E-state index < -0.39 is 5.97 Å². The second kappa shape index (κ2) is 8.16. The van der Waals surface area contributed by atoms with Crippen LogP contribution >= 0.6 is 11.3 Å². The maximum absolute atomic E-state index is 12.2. The smallest absolute Gasteiger partial charge is 0.348 e. The van der Waals surface area contributed by atoms with Gasteiger partial charge in [-0.05, 0) is 56.4 Å². The molecule has 0 saturated carbocycles. The van der Waals surface area contributed by atoms with Crippen molar-refractivity contribution in [1.82, 2.24) is 0 Å². The lowest BCUT2D eigenvalue weighted by atomic mass is 9.99. The summed E-state index contributed by atoms with van der Waals surface area (Å²) in [4.78, 5) is 26.1. The van der Waals surface area contributed by atoms with Gasteiger partial charge < -0.3 is 14.8 Å². The number of para-hydroxylation sites is 2. The first-order valence-electron chi connectivity index (χ1n) is 8.47. The van der Waals surface area contributed by atoms with E-state index in [9.17, 15) is 9.59 Å². The van der Waals surface area contributed by atoms with Gasteiger partial charge in [0, 0.05) is 4.88 Å². The van der Waals surface area contributed by atoms with Gasteiger partial charge in [0.15, 0.2) is 6.61 Å². The van der Waals surface area contributed by atoms with Crippen LogP contribution in [0.5, 0.6) is 5.75 Å². The van der Waals surface area contributed by atoms with Crippen LogP contribution in [0.25, 0.3) is 0 Å². The van der Waals surface area contributed by atoms with E-state index in [-0.39, 0.29) is 12.5 Å². The first-order valence-corrected chi connectivity index (χ1v) is 9.29. The van der Waals surface area contributed by atoms with Crippen molar-refractivity contribution >= 4 is 28.9 Å². The Kier molecular flexibility index (Phi) is 5.71. The Bertz CT molecular complexity index is 745. The molecule has 1 amide bonds. The number of carbonyl (C=O) groups is 2. The van der Waals surface area contributed by atoms with Crippen LogP contribution in [-0.4, -0.2) is 25.1 Å². The molecule has 0 bridgehead atoms. The van der Waals surface area contributed by atoms with Crippen LogP contribution in [0.1, 0.15) is 39.9 Å². The average molecular weight is 359 g/mol. The topological polar surface area (TPSA) is 64.6 Å². The number of hydrogen-bond donors (Lipinski definition) is 1. The van der Waals surface area contributed by atoms with Gasteiger partial charge in [0.2, 0.25) is 0 Å².